The summed E-state index contributed by atoms with van der Waals surface area (Å²) in [6.07, 6.45) is 1.31. The van der Waals surface area contributed by atoms with Crippen LogP contribution in [0.1, 0.15) is 16.1 Å². The molecule has 0 radical (unpaired) electrons. The van der Waals surface area contributed by atoms with Crippen LogP contribution in [0.5, 0.6) is 0 Å². The zero-order valence-corrected chi connectivity index (χ0v) is 15.0. The van der Waals surface area contributed by atoms with Gasteiger partial charge in [-0.1, -0.05) is 12.1 Å². The van der Waals surface area contributed by atoms with E-state index in [1.807, 2.05) is 49.3 Å². The molecular formula is C20H18N6O. The molecule has 0 bridgehead atoms. The van der Waals surface area contributed by atoms with Crippen molar-refractivity contribution < 1.29 is 4.79 Å². The van der Waals surface area contributed by atoms with E-state index in [9.17, 15) is 4.79 Å². The van der Waals surface area contributed by atoms with Gasteiger partial charge in [0.2, 0.25) is 0 Å². The molecule has 1 amide bonds. The van der Waals surface area contributed by atoms with Crippen molar-refractivity contribution >= 4 is 28.8 Å². The van der Waals surface area contributed by atoms with E-state index in [4.69, 9.17) is 5.26 Å². The van der Waals surface area contributed by atoms with Gasteiger partial charge < -0.3 is 15.5 Å². The summed E-state index contributed by atoms with van der Waals surface area (Å²) < 4.78 is 0. The molecule has 3 rings (SSSR count). The summed E-state index contributed by atoms with van der Waals surface area (Å²) in [7, 11) is 3.90. The van der Waals surface area contributed by atoms with Crippen LogP contribution in [0.25, 0.3) is 0 Å². The molecule has 0 aliphatic rings. The molecule has 1 heterocycles. The van der Waals surface area contributed by atoms with Crippen LogP contribution in [0, 0.1) is 11.3 Å². The van der Waals surface area contributed by atoms with E-state index in [0.717, 1.165) is 5.69 Å². The largest absolute Gasteiger partial charge is 0.378 e. The van der Waals surface area contributed by atoms with Gasteiger partial charge in [0.15, 0.2) is 0 Å². The van der Waals surface area contributed by atoms with Crippen molar-refractivity contribution in [3.8, 4) is 6.07 Å². The second-order valence-corrected chi connectivity index (χ2v) is 5.97. The van der Waals surface area contributed by atoms with Gasteiger partial charge in [-0.25, -0.2) is 9.97 Å². The predicted molar refractivity (Wildman–Crippen MR) is 105 cm³/mol. The lowest BCUT2D eigenvalue weighted by Crippen LogP contribution is -2.14. The minimum Gasteiger partial charge on any atom is -0.378 e. The number of rotatable bonds is 5. The minimum absolute atomic E-state index is 0.221. The van der Waals surface area contributed by atoms with Crippen molar-refractivity contribution in [2.24, 2.45) is 0 Å². The van der Waals surface area contributed by atoms with Gasteiger partial charge in [-0.05, 0) is 36.4 Å². The number of amides is 1. The molecule has 0 atom stereocenters. The number of para-hydroxylation sites is 1. The van der Waals surface area contributed by atoms with Gasteiger partial charge in [0.25, 0.3) is 5.91 Å². The topological polar surface area (TPSA) is 93.9 Å². The minimum atomic E-state index is -0.341. The van der Waals surface area contributed by atoms with Crippen LogP contribution in [-0.4, -0.2) is 30.0 Å². The molecule has 2 aromatic carbocycles. The molecule has 0 saturated carbocycles. The maximum absolute atomic E-state index is 12.5. The van der Waals surface area contributed by atoms with E-state index in [1.165, 1.54) is 12.4 Å². The van der Waals surface area contributed by atoms with E-state index in [2.05, 4.69) is 26.7 Å². The summed E-state index contributed by atoms with van der Waals surface area (Å²) in [5.74, 6) is 0.0902. The molecule has 7 heteroatoms. The van der Waals surface area contributed by atoms with Crippen LogP contribution in [0.15, 0.2) is 60.9 Å². The summed E-state index contributed by atoms with van der Waals surface area (Å²) in [4.78, 5) is 22.6. The van der Waals surface area contributed by atoms with E-state index in [0.29, 0.717) is 22.8 Å². The average molecular weight is 358 g/mol. The van der Waals surface area contributed by atoms with Crippen molar-refractivity contribution in [3.05, 3.63) is 72.2 Å². The summed E-state index contributed by atoms with van der Waals surface area (Å²) in [5.41, 5.74) is 3.04. The Kier molecular flexibility index (Phi) is 5.28. The van der Waals surface area contributed by atoms with Gasteiger partial charge >= 0.3 is 0 Å². The highest BCUT2D eigenvalue weighted by atomic mass is 16.1. The zero-order valence-electron chi connectivity index (χ0n) is 15.0. The lowest BCUT2D eigenvalue weighted by molar-refractivity contribution is 0.102. The Balaban J connectivity index is 1.74. The Labute approximate surface area is 157 Å². The number of carbonyl (C=O) groups is 1. The summed E-state index contributed by atoms with van der Waals surface area (Å²) in [5, 5.41) is 15.0. The number of benzene rings is 2. The van der Waals surface area contributed by atoms with Crippen LogP contribution < -0.4 is 15.5 Å². The molecule has 0 unspecified atom stereocenters. The molecule has 27 heavy (non-hydrogen) atoms. The van der Waals surface area contributed by atoms with Crippen LogP contribution in [0.4, 0.5) is 22.9 Å². The number of nitriles is 1. The summed E-state index contributed by atoms with van der Waals surface area (Å²) >= 11 is 0. The second kappa shape index (κ2) is 7.97. The van der Waals surface area contributed by atoms with Gasteiger partial charge in [0, 0.05) is 31.5 Å². The van der Waals surface area contributed by atoms with E-state index in [-0.39, 0.29) is 11.6 Å². The maximum atomic E-state index is 12.5. The van der Waals surface area contributed by atoms with Crippen LogP contribution in [0.3, 0.4) is 0 Å². The standard InChI is InChI=1S/C20H18N6O/c1-26(2)16-9-7-15(8-10-16)24-20(27)18-11-19(23-13-22-18)25-17-6-4-3-5-14(17)12-21/h3-11,13H,1-2H3,(H,24,27)(H,22,23,25). The van der Waals surface area contributed by atoms with E-state index < -0.39 is 0 Å². The quantitative estimate of drug-likeness (QED) is 0.726. The highest BCUT2D eigenvalue weighted by Gasteiger charge is 2.10. The maximum Gasteiger partial charge on any atom is 0.274 e. The molecule has 0 fully saturated rings. The molecule has 1 aromatic heterocycles. The van der Waals surface area contributed by atoms with Crippen molar-refractivity contribution in [2.75, 3.05) is 29.6 Å². The second-order valence-electron chi connectivity index (χ2n) is 5.97. The number of nitrogens with one attached hydrogen (secondary N) is 2. The Morgan fingerprint density at radius 3 is 2.52 bits per heavy atom. The molecule has 0 aliphatic carbocycles. The molecule has 0 spiro atoms. The molecule has 134 valence electrons. The lowest BCUT2D eigenvalue weighted by atomic mass is 10.2. The van der Waals surface area contributed by atoms with Crippen LogP contribution in [0.2, 0.25) is 0 Å². The van der Waals surface area contributed by atoms with Gasteiger partial charge in [0.05, 0.1) is 11.3 Å². The van der Waals surface area contributed by atoms with Crippen molar-refractivity contribution in [2.45, 2.75) is 0 Å². The third kappa shape index (κ3) is 4.38. The average Bonchev–Trinajstić information content (AvgIpc) is 2.69. The van der Waals surface area contributed by atoms with Gasteiger partial charge in [-0.15, -0.1) is 0 Å². The van der Waals surface area contributed by atoms with Crippen molar-refractivity contribution in [1.82, 2.24) is 9.97 Å². The Hall–Kier alpha value is -3.92. The van der Waals surface area contributed by atoms with Crippen molar-refractivity contribution in [1.29, 1.82) is 5.26 Å². The predicted octanol–water partition coefficient (Wildman–Crippen LogP) is 3.41. The first kappa shape index (κ1) is 17.9. The number of carbonyl (C=O) groups excluding carboxylic acids is 1. The van der Waals surface area contributed by atoms with Crippen molar-refractivity contribution in [3.63, 3.8) is 0 Å². The van der Waals surface area contributed by atoms with Crippen LogP contribution >= 0.6 is 0 Å². The zero-order chi connectivity index (χ0) is 19.2. The molecule has 7 nitrogen and oxygen atoms in total. The third-order valence-electron chi connectivity index (χ3n) is 3.85. The highest BCUT2D eigenvalue weighted by Crippen LogP contribution is 2.20. The summed E-state index contributed by atoms with van der Waals surface area (Å²) in [6.45, 7) is 0. The first-order valence-electron chi connectivity index (χ1n) is 8.24. The van der Waals surface area contributed by atoms with E-state index >= 15 is 0 Å². The number of nitrogens with zero attached hydrogens (tertiary/aromatic N) is 4. The van der Waals surface area contributed by atoms with Crippen LogP contribution in [-0.2, 0) is 0 Å². The normalized spacial score (nSPS) is 9.96. The highest BCUT2D eigenvalue weighted by molar-refractivity contribution is 6.03. The fraction of sp³-hybridized carbons (Fsp3) is 0.100. The Morgan fingerprint density at radius 1 is 1.07 bits per heavy atom. The summed E-state index contributed by atoms with van der Waals surface area (Å²) in [6, 6.07) is 18.2. The molecule has 2 N–H and O–H groups in total. The van der Waals surface area contributed by atoms with Gasteiger partial charge in [-0.2, -0.15) is 5.26 Å². The first-order valence-corrected chi connectivity index (χ1v) is 8.24. The lowest BCUT2D eigenvalue weighted by Gasteiger charge is -2.13. The molecular weight excluding hydrogens is 340 g/mol. The third-order valence-corrected chi connectivity index (χ3v) is 3.85. The first-order chi connectivity index (χ1) is 13.1. The molecule has 0 aliphatic heterocycles. The van der Waals surface area contributed by atoms with Gasteiger partial charge in [0.1, 0.15) is 23.9 Å². The van der Waals surface area contributed by atoms with E-state index in [1.54, 1.807) is 18.2 Å². The fourth-order valence-corrected chi connectivity index (χ4v) is 2.42. The Bertz CT molecular complexity index is 992. The van der Waals surface area contributed by atoms with Gasteiger partial charge in [-0.3, -0.25) is 4.79 Å². The molecule has 3 aromatic rings. The number of aromatic nitrogens is 2. The fourth-order valence-electron chi connectivity index (χ4n) is 2.42. The SMILES string of the molecule is CN(C)c1ccc(NC(=O)c2cc(Nc3ccccc3C#N)ncn2)cc1. The Morgan fingerprint density at radius 2 is 1.81 bits per heavy atom. The number of hydrogen-bond acceptors (Lipinski definition) is 6. The monoisotopic (exact) mass is 358 g/mol. The number of hydrogen-bond donors (Lipinski definition) is 2. The molecule has 0 saturated heterocycles. The number of anilines is 4. The smallest absolute Gasteiger partial charge is 0.274 e.